The first kappa shape index (κ1) is 12.1. The first-order valence-corrected chi connectivity index (χ1v) is 6.09. The number of pyridine rings is 1. The summed E-state index contributed by atoms with van der Waals surface area (Å²) < 4.78 is 1.94. The Kier molecular flexibility index (Phi) is 3.01. The molecule has 0 aliphatic heterocycles. The van der Waals surface area contributed by atoms with E-state index in [1.54, 1.807) is 12.1 Å². The van der Waals surface area contributed by atoms with Crippen LogP contribution in [0, 0.1) is 10.1 Å². The number of nitro groups is 1. The molecular formula is C15H11N3O2. The molecule has 0 aliphatic carbocycles. The molecule has 0 saturated heterocycles. The number of fused-ring (bicyclic) bond motifs is 1. The average Bonchev–Trinajstić information content (AvgIpc) is 2.88. The second-order valence-corrected chi connectivity index (χ2v) is 4.31. The van der Waals surface area contributed by atoms with Crippen LogP contribution in [0.1, 0.15) is 11.3 Å². The minimum atomic E-state index is -0.407. The van der Waals surface area contributed by atoms with Crippen LogP contribution in [0.15, 0.2) is 54.9 Å². The minimum absolute atomic E-state index is 0.0925. The normalized spacial score (nSPS) is 11.2. The van der Waals surface area contributed by atoms with Gasteiger partial charge in [0.15, 0.2) is 0 Å². The zero-order chi connectivity index (χ0) is 13.9. The molecule has 3 aromatic rings. The highest BCUT2D eigenvalue weighted by Gasteiger charge is 2.02. The largest absolute Gasteiger partial charge is 0.306 e. The minimum Gasteiger partial charge on any atom is -0.306 e. The van der Waals surface area contributed by atoms with E-state index in [0.29, 0.717) is 0 Å². The van der Waals surface area contributed by atoms with Gasteiger partial charge in [0, 0.05) is 24.5 Å². The molecule has 2 aromatic heterocycles. The van der Waals surface area contributed by atoms with E-state index in [1.165, 1.54) is 12.1 Å². The highest BCUT2D eigenvalue weighted by Crippen LogP contribution is 2.14. The summed E-state index contributed by atoms with van der Waals surface area (Å²) in [4.78, 5) is 14.6. The van der Waals surface area contributed by atoms with Crippen molar-refractivity contribution in [1.29, 1.82) is 0 Å². The fourth-order valence-corrected chi connectivity index (χ4v) is 1.92. The van der Waals surface area contributed by atoms with Gasteiger partial charge in [-0.15, -0.1) is 0 Å². The Hall–Kier alpha value is -2.95. The second kappa shape index (κ2) is 4.97. The molecule has 5 heteroatoms. The maximum Gasteiger partial charge on any atom is 0.269 e. The zero-order valence-electron chi connectivity index (χ0n) is 10.5. The van der Waals surface area contributed by atoms with Crippen molar-refractivity contribution in [1.82, 2.24) is 9.38 Å². The summed E-state index contributed by atoms with van der Waals surface area (Å²) in [6, 6.07) is 12.2. The topological polar surface area (TPSA) is 60.4 Å². The van der Waals surface area contributed by atoms with Crippen LogP contribution < -0.4 is 0 Å². The summed E-state index contributed by atoms with van der Waals surface area (Å²) in [5.74, 6) is 0. The van der Waals surface area contributed by atoms with Crippen LogP contribution in [0.25, 0.3) is 17.8 Å². The van der Waals surface area contributed by atoms with E-state index < -0.39 is 4.92 Å². The highest BCUT2D eigenvalue weighted by molar-refractivity contribution is 5.69. The van der Waals surface area contributed by atoms with Crippen molar-refractivity contribution < 1.29 is 4.92 Å². The fourth-order valence-electron chi connectivity index (χ4n) is 1.92. The van der Waals surface area contributed by atoms with Gasteiger partial charge >= 0.3 is 0 Å². The molecule has 1 aromatic carbocycles. The van der Waals surface area contributed by atoms with Crippen LogP contribution in [0.3, 0.4) is 0 Å². The Morgan fingerprint density at radius 2 is 1.90 bits per heavy atom. The third-order valence-corrected chi connectivity index (χ3v) is 2.93. The third kappa shape index (κ3) is 2.42. The summed E-state index contributed by atoms with van der Waals surface area (Å²) >= 11 is 0. The van der Waals surface area contributed by atoms with E-state index in [4.69, 9.17) is 0 Å². The standard InChI is InChI=1S/C15H11N3O2/c19-18(20)14-8-5-12(6-9-14)4-7-13-11-17-10-2-1-3-15(17)16-13/h1-11H. The molecular weight excluding hydrogens is 254 g/mol. The Morgan fingerprint density at radius 3 is 2.60 bits per heavy atom. The molecule has 0 N–H and O–H groups in total. The fraction of sp³-hybridized carbons (Fsp3) is 0. The number of nitro benzene ring substituents is 1. The lowest BCUT2D eigenvalue weighted by Gasteiger charge is -1.92. The van der Waals surface area contributed by atoms with Crippen LogP contribution in [-0.4, -0.2) is 14.3 Å². The molecule has 0 unspecified atom stereocenters. The number of non-ortho nitro benzene ring substituents is 1. The van der Waals surface area contributed by atoms with E-state index in [0.717, 1.165) is 16.9 Å². The van der Waals surface area contributed by atoms with Crippen molar-refractivity contribution in [2.75, 3.05) is 0 Å². The summed E-state index contributed by atoms with van der Waals surface area (Å²) in [6.07, 6.45) is 7.63. The van der Waals surface area contributed by atoms with E-state index in [1.807, 2.05) is 47.1 Å². The van der Waals surface area contributed by atoms with Crippen molar-refractivity contribution in [2.45, 2.75) is 0 Å². The Morgan fingerprint density at radius 1 is 1.10 bits per heavy atom. The van der Waals surface area contributed by atoms with Crippen molar-refractivity contribution in [3.63, 3.8) is 0 Å². The summed E-state index contributed by atoms with van der Waals surface area (Å²) in [5, 5.41) is 10.6. The lowest BCUT2D eigenvalue weighted by Crippen LogP contribution is -1.86. The number of aromatic nitrogens is 2. The monoisotopic (exact) mass is 265 g/mol. The van der Waals surface area contributed by atoms with Crippen molar-refractivity contribution >= 4 is 23.5 Å². The first-order chi connectivity index (χ1) is 9.72. The van der Waals surface area contributed by atoms with Crippen LogP contribution in [0.5, 0.6) is 0 Å². The quantitative estimate of drug-likeness (QED) is 0.538. The van der Waals surface area contributed by atoms with E-state index in [2.05, 4.69) is 4.98 Å². The summed E-state index contributed by atoms with van der Waals surface area (Å²) in [6.45, 7) is 0. The Bertz CT molecular complexity index is 755. The average molecular weight is 265 g/mol. The molecule has 98 valence electrons. The van der Waals surface area contributed by atoms with Crippen molar-refractivity contribution in [2.24, 2.45) is 0 Å². The first-order valence-electron chi connectivity index (χ1n) is 6.09. The van der Waals surface area contributed by atoms with Gasteiger partial charge in [0.25, 0.3) is 5.69 Å². The van der Waals surface area contributed by atoms with Gasteiger partial charge < -0.3 is 4.40 Å². The molecule has 0 bridgehead atoms. The lowest BCUT2D eigenvalue weighted by molar-refractivity contribution is -0.384. The highest BCUT2D eigenvalue weighted by atomic mass is 16.6. The molecule has 0 radical (unpaired) electrons. The molecule has 3 rings (SSSR count). The Balaban J connectivity index is 1.84. The molecule has 0 amide bonds. The van der Waals surface area contributed by atoms with Crippen LogP contribution >= 0.6 is 0 Å². The van der Waals surface area contributed by atoms with Gasteiger partial charge in [0.05, 0.1) is 10.6 Å². The van der Waals surface area contributed by atoms with Crippen LogP contribution in [-0.2, 0) is 0 Å². The van der Waals surface area contributed by atoms with Gasteiger partial charge in [-0.3, -0.25) is 10.1 Å². The molecule has 0 atom stereocenters. The number of nitrogens with zero attached hydrogens (tertiary/aromatic N) is 3. The molecule has 20 heavy (non-hydrogen) atoms. The summed E-state index contributed by atoms with van der Waals surface area (Å²) in [5.41, 5.74) is 2.72. The molecule has 0 aliphatic rings. The number of hydrogen-bond acceptors (Lipinski definition) is 3. The van der Waals surface area contributed by atoms with Gasteiger partial charge in [-0.2, -0.15) is 0 Å². The molecule has 0 spiro atoms. The van der Waals surface area contributed by atoms with Gasteiger partial charge in [-0.25, -0.2) is 4.98 Å². The molecule has 5 nitrogen and oxygen atoms in total. The number of rotatable bonds is 3. The van der Waals surface area contributed by atoms with Crippen LogP contribution in [0.2, 0.25) is 0 Å². The lowest BCUT2D eigenvalue weighted by atomic mass is 10.2. The van der Waals surface area contributed by atoms with Crippen LogP contribution in [0.4, 0.5) is 5.69 Å². The second-order valence-electron chi connectivity index (χ2n) is 4.31. The van der Waals surface area contributed by atoms with E-state index >= 15 is 0 Å². The third-order valence-electron chi connectivity index (χ3n) is 2.93. The van der Waals surface area contributed by atoms with Gasteiger partial charge in [0.2, 0.25) is 0 Å². The van der Waals surface area contributed by atoms with Gasteiger partial charge in [-0.05, 0) is 35.9 Å². The van der Waals surface area contributed by atoms with E-state index in [9.17, 15) is 10.1 Å². The SMILES string of the molecule is O=[N+]([O-])c1ccc(C=Cc2cn3ccccc3n2)cc1. The molecule has 2 heterocycles. The number of hydrogen-bond donors (Lipinski definition) is 0. The zero-order valence-corrected chi connectivity index (χ0v) is 10.5. The smallest absolute Gasteiger partial charge is 0.269 e. The van der Waals surface area contributed by atoms with Gasteiger partial charge in [-0.1, -0.05) is 12.1 Å². The van der Waals surface area contributed by atoms with Gasteiger partial charge in [0.1, 0.15) is 5.65 Å². The number of benzene rings is 1. The van der Waals surface area contributed by atoms with Crippen molar-refractivity contribution in [3.8, 4) is 0 Å². The maximum atomic E-state index is 10.6. The van der Waals surface area contributed by atoms with Crippen molar-refractivity contribution in [3.05, 3.63) is 76.2 Å². The predicted octanol–water partition coefficient (Wildman–Crippen LogP) is 3.41. The predicted molar refractivity (Wildman–Crippen MR) is 77.2 cm³/mol. The number of imidazole rings is 1. The molecule has 0 saturated carbocycles. The Labute approximate surface area is 115 Å². The maximum absolute atomic E-state index is 10.6. The molecule has 0 fully saturated rings. The summed E-state index contributed by atoms with van der Waals surface area (Å²) in [7, 11) is 0. The van der Waals surface area contributed by atoms with E-state index in [-0.39, 0.29) is 5.69 Å².